The van der Waals surface area contributed by atoms with E-state index in [4.69, 9.17) is 5.11 Å². The van der Waals surface area contributed by atoms with Gasteiger partial charge in [-0.05, 0) is 36.5 Å². The van der Waals surface area contributed by atoms with Gasteiger partial charge in [-0.15, -0.1) is 0 Å². The molecule has 0 bridgehead atoms. The van der Waals surface area contributed by atoms with Gasteiger partial charge in [-0.25, -0.2) is 0 Å². The van der Waals surface area contributed by atoms with Crippen LogP contribution >= 0.6 is 15.9 Å². The van der Waals surface area contributed by atoms with Gasteiger partial charge in [-0.2, -0.15) is 0 Å². The van der Waals surface area contributed by atoms with E-state index in [1.165, 1.54) is 5.56 Å². The number of nitrogens with one attached hydrogen (secondary N) is 1. The molecule has 2 rings (SSSR count). The Kier molecular flexibility index (Phi) is 4.18. The van der Waals surface area contributed by atoms with Gasteiger partial charge in [0.2, 0.25) is 0 Å². The Morgan fingerprint density at radius 1 is 1.35 bits per heavy atom. The zero-order chi connectivity index (χ0) is 12.3. The highest BCUT2D eigenvalue weighted by Gasteiger charge is 2.29. The van der Waals surface area contributed by atoms with E-state index in [0.717, 1.165) is 17.3 Å². The van der Waals surface area contributed by atoms with Crippen LogP contribution in [0.3, 0.4) is 0 Å². The first-order valence-corrected chi connectivity index (χ1v) is 6.65. The number of carbonyl (C=O) groups is 1. The van der Waals surface area contributed by atoms with E-state index in [1.54, 1.807) is 0 Å². The van der Waals surface area contributed by atoms with E-state index in [9.17, 15) is 4.79 Å². The molecule has 0 spiro atoms. The maximum absolute atomic E-state index is 10.4. The first kappa shape index (κ1) is 12.6. The fourth-order valence-electron chi connectivity index (χ4n) is 2.17. The number of halogens is 1. The normalized spacial score (nSPS) is 23.1. The average Bonchev–Trinajstić information content (AvgIpc) is 2.23. The molecule has 0 aliphatic heterocycles. The molecule has 0 unspecified atom stereocenters. The van der Waals surface area contributed by atoms with Crippen LogP contribution in [0.1, 0.15) is 30.7 Å². The van der Waals surface area contributed by atoms with E-state index in [-0.39, 0.29) is 6.42 Å². The quantitative estimate of drug-likeness (QED) is 0.879. The topological polar surface area (TPSA) is 49.3 Å². The molecule has 17 heavy (non-hydrogen) atoms. The van der Waals surface area contributed by atoms with Gasteiger partial charge in [0, 0.05) is 17.1 Å². The third kappa shape index (κ3) is 3.54. The summed E-state index contributed by atoms with van der Waals surface area (Å²) in [5.74, 6) is -0.105. The SMILES string of the molecule is O=C(O)CCNC1CC(c2ccc(Br)cc2)C1. The smallest absolute Gasteiger partial charge is 0.304 e. The van der Waals surface area contributed by atoms with E-state index >= 15 is 0 Å². The predicted molar refractivity (Wildman–Crippen MR) is 70.2 cm³/mol. The van der Waals surface area contributed by atoms with Crippen molar-refractivity contribution in [3.63, 3.8) is 0 Å². The minimum absolute atomic E-state index is 0.208. The van der Waals surface area contributed by atoms with Gasteiger partial charge in [0.25, 0.3) is 0 Å². The summed E-state index contributed by atoms with van der Waals surface area (Å²) >= 11 is 3.43. The molecule has 3 nitrogen and oxygen atoms in total. The molecule has 1 aliphatic carbocycles. The maximum atomic E-state index is 10.4. The lowest BCUT2D eigenvalue weighted by atomic mass is 9.76. The van der Waals surface area contributed by atoms with Gasteiger partial charge in [-0.3, -0.25) is 4.79 Å². The fraction of sp³-hybridized carbons (Fsp3) is 0.462. The van der Waals surface area contributed by atoms with Crippen LogP contribution in [0.4, 0.5) is 0 Å². The molecule has 92 valence electrons. The minimum atomic E-state index is -0.735. The van der Waals surface area contributed by atoms with E-state index < -0.39 is 5.97 Å². The second kappa shape index (κ2) is 5.65. The largest absolute Gasteiger partial charge is 0.481 e. The molecule has 1 aliphatic rings. The Morgan fingerprint density at radius 2 is 2.00 bits per heavy atom. The van der Waals surface area contributed by atoms with Crippen LogP contribution in [0.15, 0.2) is 28.7 Å². The molecule has 1 aromatic carbocycles. The molecular weight excluding hydrogens is 282 g/mol. The van der Waals surface area contributed by atoms with Crippen molar-refractivity contribution in [2.75, 3.05) is 6.54 Å². The Bertz CT molecular complexity index is 385. The summed E-state index contributed by atoms with van der Waals surface area (Å²) in [6.07, 6.45) is 2.43. The summed E-state index contributed by atoms with van der Waals surface area (Å²) in [4.78, 5) is 10.4. The van der Waals surface area contributed by atoms with Crippen molar-refractivity contribution in [3.8, 4) is 0 Å². The van der Waals surface area contributed by atoms with Crippen LogP contribution in [0.5, 0.6) is 0 Å². The third-order valence-corrected chi connectivity index (χ3v) is 3.78. The lowest BCUT2D eigenvalue weighted by Gasteiger charge is -2.36. The average molecular weight is 298 g/mol. The van der Waals surface area contributed by atoms with Gasteiger partial charge in [0.15, 0.2) is 0 Å². The summed E-state index contributed by atoms with van der Waals surface area (Å²) in [5.41, 5.74) is 1.38. The van der Waals surface area contributed by atoms with Crippen LogP contribution < -0.4 is 5.32 Å². The van der Waals surface area contributed by atoms with Gasteiger partial charge in [0.1, 0.15) is 0 Å². The highest BCUT2D eigenvalue weighted by molar-refractivity contribution is 9.10. The number of hydrogen-bond acceptors (Lipinski definition) is 2. The number of benzene rings is 1. The van der Waals surface area contributed by atoms with Crippen molar-refractivity contribution < 1.29 is 9.90 Å². The zero-order valence-corrected chi connectivity index (χ0v) is 11.1. The number of carboxylic acids is 1. The highest BCUT2D eigenvalue weighted by atomic mass is 79.9. The summed E-state index contributed by atoms with van der Waals surface area (Å²) in [6.45, 7) is 0.576. The Morgan fingerprint density at radius 3 is 2.59 bits per heavy atom. The van der Waals surface area contributed by atoms with E-state index in [2.05, 4.69) is 45.5 Å². The predicted octanol–water partition coefficient (Wildman–Crippen LogP) is 2.76. The molecule has 0 amide bonds. The van der Waals surface area contributed by atoms with Crippen molar-refractivity contribution >= 4 is 21.9 Å². The molecule has 1 aromatic rings. The van der Waals surface area contributed by atoms with Crippen LogP contribution in [-0.4, -0.2) is 23.7 Å². The van der Waals surface area contributed by atoms with Crippen molar-refractivity contribution in [2.24, 2.45) is 0 Å². The second-order valence-corrected chi connectivity index (χ2v) is 5.43. The summed E-state index contributed by atoms with van der Waals surface area (Å²) < 4.78 is 1.11. The number of carboxylic acid groups (broad SMARTS) is 1. The molecule has 0 aromatic heterocycles. The van der Waals surface area contributed by atoms with Gasteiger partial charge >= 0.3 is 5.97 Å². The molecule has 0 atom stereocenters. The monoisotopic (exact) mass is 297 g/mol. The van der Waals surface area contributed by atoms with Crippen molar-refractivity contribution in [3.05, 3.63) is 34.3 Å². The highest BCUT2D eigenvalue weighted by Crippen LogP contribution is 2.37. The summed E-state index contributed by atoms with van der Waals surface area (Å²) in [5, 5.41) is 11.8. The number of hydrogen-bond donors (Lipinski definition) is 2. The van der Waals surface area contributed by atoms with Crippen LogP contribution in [0, 0.1) is 0 Å². The minimum Gasteiger partial charge on any atom is -0.481 e. The Labute approximate surface area is 109 Å². The van der Waals surface area contributed by atoms with Crippen LogP contribution in [0.2, 0.25) is 0 Å². The molecular formula is C13H16BrNO2. The number of aliphatic carboxylic acids is 1. The summed E-state index contributed by atoms with van der Waals surface area (Å²) in [7, 11) is 0. The number of rotatable bonds is 5. The van der Waals surface area contributed by atoms with E-state index in [1.807, 2.05) is 0 Å². The van der Waals surface area contributed by atoms with Gasteiger partial charge < -0.3 is 10.4 Å². The molecule has 1 fully saturated rings. The Balaban J connectivity index is 1.71. The van der Waals surface area contributed by atoms with Crippen LogP contribution in [-0.2, 0) is 4.79 Å². The van der Waals surface area contributed by atoms with Gasteiger partial charge in [-0.1, -0.05) is 28.1 Å². The van der Waals surface area contributed by atoms with Crippen molar-refractivity contribution in [1.29, 1.82) is 0 Å². The third-order valence-electron chi connectivity index (χ3n) is 3.25. The van der Waals surface area contributed by atoms with Crippen molar-refractivity contribution in [1.82, 2.24) is 5.32 Å². The second-order valence-electron chi connectivity index (χ2n) is 4.51. The molecule has 1 saturated carbocycles. The van der Waals surface area contributed by atoms with Crippen molar-refractivity contribution in [2.45, 2.75) is 31.2 Å². The maximum Gasteiger partial charge on any atom is 0.304 e. The van der Waals surface area contributed by atoms with Crippen LogP contribution in [0.25, 0.3) is 0 Å². The lowest BCUT2D eigenvalue weighted by Crippen LogP contribution is -2.40. The lowest BCUT2D eigenvalue weighted by molar-refractivity contribution is -0.136. The standard InChI is InChI=1S/C13H16BrNO2/c14-11-3-1-9(2-4-11)10-7-12(8-10)15-6-5-13(16)17/h1-4,10,12,15H,5-8H2,(H,16,17). The zero-order valence-electron chi connectivity index (χ0n) is 9.53. The molecule has 0 saturated heterocycles. The molecule has 0 heterocycles. The van der Waals surface area contributed by atoms with E-state index in [0.29, 0.717) is 18.5 Å². The molecule has 0 radical (unpaired) electrons. The molecule has 2 N–H and O–H groups in total. The first-order valence-electron chi connectivity index (χ1n) is 5.86. The van der Waals surface area contributed by atoms with Gasteiger partial charge in [0.05, 0.1) is 6.42 Å². The Hall–Kier alpha value is -0.870. The first-order chi connectivity index (χ1) is 8.15. The fourth-order valence-corrected chi connectivity index (χ4v) is 2.44. The molecule has 4 heteroatoms. The summed E-state index contributed by atoms with van der Waals surface area (Å²) in [6, 6.07) is 8.94.